The summed E-state index contributed by atoms with van der Waals surface area (Å²) < 4.78 is 6.96. The zero-order chi connectivity index (χ0) is 13.0. The number of nitrogens with zero attached hydrogens (tertiary/aromatic N) is 2. The molecule has 6 heteroatoms. The normalized spacial score (nSPS) is 19.7. The summed E-state index contributed by atoms with van der Waals surface area (Å²) in [6, 6.07) is 7.58. The monoisotopic (exact) mass is 290 g/mol. The molecule has 100 valence electrons. The molecule has 1 unspecified atom stereocenters. The summed E-state index contributed by atoms with van der Waals surface area (Å²) in [5, 5.41) is 9.08. The van der Waals surface area contributed by atoms with Crippen molar-refractivity contribution >= 4 is 23.4 Å². The van der Waals surface area contributed by atoms with Crippen LogP contribution in [0, 0.1) is 0 Å². The predicted molar refractivity (Wildman–Crippen MR) is 71.6 cm³/mol. The van der Waals surface area contributed by atoms with Gasteiger partial charge in [-0.3, -0.25) is 4.90 Å². The van der Waals surface area contributed by atoms with E-state index in [9.17, 15) is 0 Å². The molecule has 1 aromatic rings. The smallest absolute Gasteiger partial charge is 0.277 e. The first-order chi connectivity index (χ1) is 8.65. The Hall–Kier alpha value is -0.520. The molecule has 1 aliphatic rings. The van der Waals surface area contributed by atoms with Crippen molar-refractivity contribution in [3.63, 3.8) is 0 Å². The number of rotatable bonds is 4. The van der Waals surface area contributed by atoms with Crippen LogP contribution in [0.2, 0.25) is 0 Å². The summed E-state index contributed by atoms with van der Waals surface area (Å²) in [6.45, 7) is 4.30. The van der Waals surface area contributed by atoms with Crippen LogP contribution < -0.4 is 4.74 Å². The average Bonchev–Trinajstić information content (AvgIpc) is 2.34. The first kappa shape index (κ1) is 13.9. The molecule has 1 aliphatic heterocycles. The zero-order valence-electron chi connectivity index (χ0n) is 9.93. The van der Waals surface area contributed by atoms with Gasteiger partial charge in [0, 0.05) is 38.3 Å². The molecule has 0 radical (unpaired) electrons. The fourth-order valence-corrected chi connectivity index (χ4v) is 2.22. The van der Waals surface area contributed by atoms with Crippen LogP contribution in [-0.2, 0) is 6.54 Å². The third-order valence-corrected chi connectivity index (χ3v) is 3.34. The lowest BCUT2D eigenvalue weighted by molar-refractivity contribution is 0.0535. The summed E-state index contributed by atoms with van der Waals surface area (Å²) in [4.78, 5) is 2.29. The van der Waals surface area contributed by atoms with Crippen molar-refractivity contribution in [1.82, 2.24) is 9.32 Å². The number of hydrogen-bond acceptors (Lipinski definition) is 4. The van der Waals surface area contributed by atoms with E-state index in [2.05, 4.69) is 4.90 Å². The Bertz CT molecular complexity index is 382. The summed E-state index contributed by atoms with van der Waals surface area (Å²) in [5.41, 5.74) is 1.01. The van der Waals surface area contributed by atoms with Crippen molar-refractivity contribution < 1.29 is 9.84 Å². The highest BCUT2D eigenvalue weighted by Crippen LogP contribution is 2.22. The summed E-state index contributed by atoms with van der Waals surface area (Å²) >= 11 is 11.4. The number of alkyl halides is 1. The van der Waals surface area contributed by atoms with Gasteiger partial charge in [-0.1, -0.05) is 18.2 Å². The molecule has 2 rings (SSSR count). The van der Waals surface area contributed by atoms with Crippen molar-refractivity contribution in [2.24, 2.45) is 0 Å². The Kier molecular flexibility index (Phi) is 5.09. The fraction of sp³-hybridized carbons (Fsp3) is 0.500. The molecular formula is C12H16Cl2N2O2. The fourth-order valence-electron chi connectivity index (χ4n) is 1.98. The number of aliphatic hydroxyl groups is 1. The second kappa shape index (κ2) is 6.59. The van der Waals surface area contributed by atoms with E-state index >= 15 is 0 Å². The van der Waals surface area contributed by atoms with E-state index in [1.807, 2.05) is 18.2 Å². The molecule has 0 saturated carbocycles. The van der Waals surface area contributed by atoms with Gasteiger partial charge in [0.2, 0.25) is 0 Å². The van der Waals surface area contributed by atoms with Crippen LogP contribution in [0.1, 0.15) is 5.56 Å². The van der Waals surface area contributed by atoms with E-state index in [-0.39, 0.29) is 0 Å². The minimum Gasteiger partial charge on any atom is -0.451 e. The van der Waals surface area contributed by atoms with Crippen LogP contribution in [-0.4, -0.2) is 46.4 Å². The Balaban J connectivity index is 2.00. The Labute approximate surface area is 117 Å². The Morgan fingerprint density at radius 1 is 1.22 bits per heavy atom. The average molecular weight is 291 g/mol. The number of aliphatic hydroxyl groups excluding tert-OH is 1. The standard InChI is InChI=1S/C12H16Cl2N2O2/c13-12(17)18-11-4-2-1-3-10(11)9-15-5-7-16(14)8-6-15/h1-4,12,17H,5-9H2. The van der Waals surface area contributed by atoms with Gasteiger partial charge in [0.25, 0.3) is 5.75 Å². The van der Waals surface area contributed by atoms with Crippen LogP contribution >= 0.6 is 23.4 Å². The van der Waals surface area contributed by atoms with E-state index in [4.69, 9.17) is 33.2 Å². The highest BCUT2D eigenvalue weighted by molar-refractivity contribution is 6.18. The minimum absolute atomic E-state index is 0.619. The van der Waals surface area contributed by atoms with Gasteiger partial charge >= 0.3 is 0 Å². The van der Waals surface area contributed by atoms with Gasteiger partial charge in [-0.25, -0.2) is 4.42 Å². The minimum atomic E-state index is -1.31. The maximum atomic E-state index is 9.08. The van der Waals surface area contributed by atoms with Crippen LogP contribution in [0.25, 0.3) is 0 Å². The van der Waals surface area contributed by atoms with Crippen molar-refractivity contribution in [2.75, 3.05) is 26.2 Å². The zero-order valence-corrected chi connectivity index (χ0v) is 11.4. The van der Waals surface area contributed by atoms with Crippen LogP contribution in [0.5, 0.6) is 5.75 Å². The second-order valence-electron chi connectivity index (χ2n) is 4.20. The molecule has 1 heterocycles. The molecule has 1 saturated heterocycles. The number of para-hydroxylation sites is 1. The second-order valence-corrected chi connectivity index (χ2v) is 5.06. The van der Waals surface area contributed by atoms with E-state index in [1.54, 1.807) is 10.5 Å². The van der Waals surface area contributed by atoms with Crippen LogP contribution in [0.3, 0.4) is 0 Å². The summed E-state index contributed by atoms with van der Waals surface area (Å²) in [6.07, 6.45) is 0. The number of benzene rings is 1. The lowest BCUT2D eigenvalue weighted by Crippen LogP contribution is -2.41. The van der Waals surface area contributed by atoms with Gasteiger partial charge in [0.15, 0.2) is 0 Å². The van der Waals surface area contributed by atoms with Gasteiger partial charge in [0.1, 0.15) is 5.75 Å². The molecule has 1 N–H and O–H groups in total. The molecule has 4 nitrogen and oxygen atoms in total. The van der Waals surface area contributed by atoms with Gasteiger partial charge < -0.3 is 9.84 Å². The highest BCUT2D eigenvalue weighted by Gasteiger charge is 2.17. The lowest BCUT2D eigenvalue weighted by Gasteiger charge is -2.31. The van der Waals surface area contributed by atoms with Crippen molar-refractivity contribution in [1.29, 1.82) is 0 Å². The quantitative estimate of drug-likeness (QED) is 0.522. The summed E-state index contributed by atoms with van der Waals surface area (Å²) in [7, 11) is 0. The number of piperazine rings is 1. The molecule has 1 fully saturated rings. The first-order valence-corrected chi connectivity index (χ1v) is 6.62. The Morgan fingerprint density at radius 2 is 1.89 bits per heavy atom. The molecule has 18 heavy (non-hydrogen) atoms. The highest BCUT2D eigenvalue weighted by atomic mass is 35.5. The third kappa shape index (κ3) is 4.00. The van der Waals surface area contributed by atoms with Gasteiger partial charge in [-0.05, 0) is 29.4 Å². The summed E-state index contributed by atoms with van der Waals surface area (Å²) in [5.74, 6) is -0.695. The van der Waals surface area contributed by atoms with Crippen LogP contribution in [0.15, 0.2) is 24.3 Å². The van der Waals surface area contributed by atoms with Gasteiger partial charge in [0.05, 0.1) is 0 Å². The molecule has 0 bridgehead atoms. The Morgan fingerprint density at radius 3 is 2.56 bits per heavy atom. The number of ether oxygens (including phenoxy) is 1. The van der Waals surface area contributed by atoms with Crippen molar-refractivity contribution in [3.8, 4) is 5.75 Å². The molecule has 1 atom stereocenters. The number of hydrogen-bond donors (Lipinski definition) is 1. The van der Waals surface area contributed by atoms with E-state index in [1.165, 1.54) is 0 Å². The maximum Gasteiger partial charge on any atom is 0.277 e. The molecule has 0 amide bonds. The van der Waals surface area contributed by atoms with Crippen molar-refractivity contribution in [2.45, 2.75) is 12.3 Å². The molecular weight excluding hydrogens is 275 g/mol. The lowest BCUT2D eigenvalue weighted by atomic mass is 10.2. The SMILES string of the molecule is OC(Cl)Oc1ccccc1CN1CCN(Cl)CC1. The van der Waals surface area contributed by atoms with E-state index < -0.39 is 5.75 Å². The maximum absolute atomic E-state index is 9.08. The van der Waals surface area contributed by atoms with Gasteiger partial charge in [-0.15, -0.1) is 0 Å². The van der Waals surface area contributed by atoms with Gasteiger partial charge in [-0.2, -0.15) is 0 Å². The largest absolute Gasteiger partial charge is 0.451 e. The molecule has 0 spiro atoms. The molecule has 0 aliphatic carbocycles. The predicted octanol–water partition coefficient (Wildman–Crippen LogP) is 1.85. The van der Waals surface area contributed by atoms with Crippen LogP contribution in [0.4, 0.5) is 0 Å². The number of halogens is 2. The topological polar surface area (TPSA) is 35.9 Å². The molecule has 1 aromatic carbocycles. The van der Waals surface area contributed by atoms with Crippen molar-refractivity contribution in [3.05, 3.63) is 29.8 Å². The third-order valence-electron chi connectivity index (χ3n) is 2.91. The van der Waals surface area contributed by atoms with E-state index in [0.717, 1.165) is 38.3 Å². The van der Waals surface area contributed by atoms with E-state index in [0.29, 0.717) is 5.75 Å². The molecule has 0 aromatic heterocycles. The first-order valence-electron chi connectivity index (χ1n) is 5.85.